The van der Waals surface area contributed by atoms with Crippen LogP contribution in [-0.4, -0.2) is 15.1 Å². The molecule has 4 nitrogen and oxygen atoms in total. The summed E-state index contributed by atoms with van der Waals surface area (Å²) in [6.07, 6.45) is 3.34. The van der Waals surface area contributed by atoms with Gasteiger partial charge in [-0.1, -0.05) is 5.16 Å². The smallest absolute Gasteiger partial charge is 0.241 e. The monoisotopic (exact) mass is 273 g/mol. The maximum atomic E-state index is 5.55. The average Bonchev–Trinajstić information content (AvgIpc) is 2.67. The van der Waals surface area contributed by atoms with E-state index in [1.165, 1.54) is 0 Å². The third-order valence-corrected chi connectivity index (χ3v) is 2.46. The molecule has 2 rings (SSSR count). The van der Waals surface area contributed by atoms with E-state index >= 15 is 0 Å². The Kier molecular flexibility index (Phi) is 2.79. The zero-order chi connectivity index (χ0) is 9.97. The Morgan fingerprint density at radius 1 is 1.50 bits per heavy atom. The van der Waals surface area contributed by atoms with Crippen LogP contribution in [0.3, 0.4) is 0 Å². The molecule has 0 fully saturated rings. The maximum absolute atomic E-state index is 5.55. The molecule has 2 heterocycles. The first-order valence-corrected chi connectivity index (χ1v) is 5.12. The predicted octanol–water partition coefficient (Wildman–Crippen LogP) is 2.63. The van der Waals surface area contributed by atoms with Crippen LogP contribution in [0.1, 0.15) is 5.89 Å². The normalized spacial score (nSPS) is 10.4. The van der Waals surface area contributed by atoms with Gasteiger partial charge in [0.15, 0.2) is 0 Å². The maximum Gasteiger partial charge on any atom is 0.241 e. The molecule has 72 valence electrons. The first-order chi connectivity index (χ1) is 6.81. The summed E-state index contributed by atoms with van der Waals surface area (Å²) in [5.74, 6) is 1.13. The minimum Gasteiger partial charge on any atom is -0.338 e. The van der Waals surface area contributed by atoms with Gasteiger partial charge in [0.05, 0.1) is 0 Å². The minimum atomic E-state index is 0.218. The quantitative estimate of drug-likeness (QED) is 0.790. The third kappa shape index (κ3) is 1.78. The topological polar surface area (TPSA) is 51.8 Å². The summed E-state index contributed by atoms with van der Waals surface area (Å²) in [6, 6.07) is 1.80. The van der Waals surface area contributed by atoms with Crippen molar-refractivity contribution in [2.45, 2.75) is 5.88 Å². The molecule has 0 radical (unpaired) electrons. The van der Waals surface area contributed by atoms with Crippen molar-refractivity contribution in [1.29, 1.82) is 0 Å². The van der Waals surface area contributed by atoms with E-state index in [1.54, 1.807) is 18.5 Å². The molecule has 0 saturated heterocycles. The molecule has 0 aliphatic rings. The van der Waals surface area contributed by atoms with Crippen LogP contribution in [0.2, 0.25) is 0 Å². The van der Waals surface area contributed by atoms with Gasteiger partial charge in [-0.25, -0.2) is 0 Å². The summed E-state index contributed by atoms with van der Waals surface area (Å²) in [4.78, 5) is 8.03. The molecule has 0 saturated carbocycles. The molecule has 0 aliphatic heterocycles. The van der Waals surface area contributed by atoms with E-state index in [0.29, 0.717) is 11.7 Å². The molecule has 0 spiro atoms. The fraction of sp³-hybridized carbons (Fsp3) is 0.125. The lowest BCUT2D eigenvalue weighted by Gasteiger charge is -1.95. The highest BCUT2D eigenvalue weighted by molar-refractivity contribution is 9.10. The zero-order valence-electron chi connectivity index (χ0n) is 6.94. The van der Waals surface area contributed by atoms with E-state index in [4.69, 9.17) is 16.1 Å². The van der Waals surface area contributed by atoms with Crippen LogP contribution in [0.15, 0.2) is 27.5 Å². The van der Waals surface area contributed by atoms with E-state index in [0.717, 1.165) is 10.0 Å². The van der Waals surface area contributed by atoms with E-state index in [1.807, 2.05) is 0 Å². The Balaban J connectivity index is 2.44. The molecule has 0 amide bonds. The first-order valence-electron chi connectivity index (χ1n) is 3.79. The Morgan fingerprint density at radius 2 is 2.36 bits per heavy atom. The van der Waals surface area contributed by atoms with Crippen LogP contribution in [0.4, 0.5) is 0 Å². The first kappa shape index (κ1) is 9.61. The number of nitrogens with zero attached hydrogens (tertiary/aromatic N) is 3. The van der Waals surface area contributed by atoms with Crippen LogP contribution in [-0.2, 0) is 5.88 Å². The lowest BCUT2D eigenvalue weighted by molar-refractivity contribution is 0.391. The summed E-state index contributed by atoms with van der Waals surface area (Å²) in [5.41, 5.74) is 0.833. The fourth-order valence-corrected chi connectivity index (χ4v) is 1.51. The van der Waals surface area contributed by atoms with Crippen molar-refractivity contribution in [2.75, 3.05) is 0 Å². The highest BCUT2D eigenvalue weighted by atomic mass is 79.9. The van der Waals surface area contributed by atoms with Crippen molar-refractivity contribution < 1.29 is 4.52 Å². The van der Waals surface area contributed by atoms with Crippen molar-refractivity contribution >= 4 is 27.5 Å². The fourth-order valence-electron chi connectivity index (χ4n) is 0.975. The van der Waals surface area contributed by atoms with Crippen molar-refractivity contribution in [3.8, 4) is 11.4 Å². The molecule has 0 unspecified atom stereocenters. The molecule has 0 bridgehead atoms. The number of alkyl halides is 1. The molecule has 6 heteroatoms. The molecule has 0 N–H and O–H groups in total. The van der Waals surface area contributed by atoms with Crippen molar-refractivity contribution in [3.05, 3.63) is 28.8 Å². The second-order valence-corrected chi connectivity index (χ2v) is 3.62. The summed E-state index contributed by atoms with van der Waals surface area (Å²) >= 11 is 8.89. The lowest BCUT2D eigenvalue weighted by atomic mass is 10.2. The van der Waals surface area contributed by atoms with Gasteiger partial charge in [0.25, 0.3) is 0 Å². The molecule has 0 aliphatic carbocycles. The Hall–Kier alpha value is -0.940. The van der Waals surface area contributed by atoms with Gasteiger partial charge >= 0.3 is 0 Å². The standard InChI is InChI=1S/C8H5BrClN3O/c9-6-4-11-2-1-5(6)8-12-7(3-10)14-13-8/h1-2,4H,3H2. The van der Waals surface area contributed by atoms with Crippen LogP contribution < -0.4 is 0 Å². The van der Waals surface area contributed by atoms with Crippen molar-refractivity contribution in [2.24, 2.45) is 0 Å². The van der Waals surface area contributed by atoms with Gasteiger partial charge in [0, 0.05) is 22.4 Å². The van der Waals surface area contributed by atoms with Crippen molar-refractivity contribution in [3.63, 3.8) is 0 Å². The molecular formula is C8H5BrClN3O. The van der Waals surface area contributed by atoms with Crippen molar-refractivity contribution in [1.82, 2.24) is 15.1 Å². The minimum absolute atomic E-state index is 0.218. The van der Waals surface area contributed by atoms with E-state index in [2.05, 4.69) is 31.1 Å². The molecular weight excluding hydrogens is 269 g/mol. The summed E-state index contributed by atoms with van der Waals surface area (Å²) in [6.45, 7) is 0. The number of halogens is 2. The van der Waals surface area contributed by atoms with Gasteiger partial charge < -0.3 is 4.52 Å². The van der Waals surface area contributed by atoms with Gasteiger partial charge in [0.1, 0.15) is 5.88 Å². The van der Waals surface area contributed by atoms with Gasteiger partial charge in [-0.05, 0) is 22.0 Å². The average molecular weight is 275 g/mol. The Labute approximate surface area is 93.4 Å². The highest BCUT2D eigenvalue weighted by Gasteiger charge is 2.10. The van der Waals surface area contributed by atoms with Crippen LogP contribution in [0.25, 0.3) is 11.4 Å². The molecule has 0 atom stereocenters. The van der Waals surface area contributed by atoms with Crippen LogP contribution in [0, 0.1) is 0 Å². The molecule has 2 aromatic heterocycles. The number of hydrogen-bond donors (Lipinski definition) is 0. The predicted molar refractivity (Wildman–Crippen MR) is 54.8 cm³/mol. The largest absolute Gasteiger partial charge is 0.338 e. The summed E-state index contributed by atoms with van der Waals surface area (Å²) < 4.78 is 5.71. The van der Waals surface area contributed by atoms with E-state index < -0.39 is 0 Å². The number of aromatic nitrogens is 3. The number of rotatable bonds is 2. The van der Waals surface area contributed by atoms with E-state index in [9.17, 15) is 0 Å². The molecule has 0 aromatic carbocycles. The highest BCUT2D eigenvalue weighted by Crippen LogP contribution is 2.24. The van der Waals surface area contributed by atoms with Gasteiger partial charge in [0.2, 0.25) is 11.7 Å². The summed E-state index contributed by atoms with van der Waals surface area (Å²) in [7, 11) is 0. The number of hydrogen-bond acceptors (Lipinski definition) is 4. The molecule has 14 heavy (non-hydrogen) atoms. The van der Waals surface area contributed by atoms with Gasteiger partial charge in [-0.3, -0.25) is 4.98 Å². The molecule has 2 aromatic rings. The van der Waals surface area contributed by atoms with Crippen LogP contribution in [0.5, 0.6) is 0 Å². The SMILES string of the molecule is ClCc1nc(-c2ccncc2Br)no1. The van der Waals surface area contributed by atoms with Gasteiger partial charge in [-0.2, -0.15) is 4.98 Å². The second-order valence-electron chi connectivity index (χ2n) is 2.50. The lowest BCUT2D eigenvalue weighted by Crippen LogP contribution is -1.84. The summed E-state index contributed by atoms with van der Waals surface area (Å²) in [5, 5.41) is 3.79. The second kappa shape index (κ2) is 4.06. The van der Waals surface area contributed by atoms with Crippen LogP contribution >= 0.6 is 27.5 Å². The Morgan fingerprint density at radius 3 is 3.00 bits per heavy atom. The third-order valence-electron chi connectivity index (χ3n) is 1.60. The number of pyridine rings is 1. The van der Waals surface area contributed by atoms with Gasteiger partial charge in [-0.15, -0.1) is 11.6 Å². The Bertz CT molecular complexity index is 446. The zero-order valence-corrected chi connectivity index (χ0v) is 9.29. The van der Waals surface area contributed by atoms with E-state index in [-0.39, 0.29) is 5.88 Å².